The lowest BCUT2D eigenvalue weighted by Gasteiger charge is -2.21. The molecule has 1 heterocycles. The number of hydrogen-bond acceptors (Lipinski definition) is 5. The Morgan fingerprint density at radius 2 is 1.65 bits per heavy atom. The number of thiophene rings is 1. The predicted molar refractivity (Wildman–Crippen MR) is 136 cm³/mol. The average molecular weight is 499 g/mol. The van der Waals surface area contributed by atoms with Crippen molar-refractivity contribution in [3.63, 3.8) is 0 Å². The van der Waals surface area contributed by atoms with Gasteiger partial charge in [-0.1, -0.05) is 56.3 Å². The molecule has 0 saturated heterocycles. The molecule has 0 spiro atoms. The summed E-state index contributed by atoms with van der Waals surface area (Å²) in [6.45, 7) is 5.43. The first kappa shape index (κ1) is 25.8. The van der Waals surface area contributed by atoms with E-state index in [1.165, 1.54) is 55.1 Å². The first-order valence-electron chi connectivity index (χ1n) is 11.1. The highest BCUT2D eigenvalue weighted by Crippen LogP contribution is 2.27. The van der Waals surface area contributed by atoms with Crippen molar-refractivity contribution in [3.05, 3.63) is 87.6 Å². The molecule has 34 heavy (non-hydrogen) atoms. The fourth-order valence-electron chi connectivity index (χ4n) is 3.63. The predicted octanol–water partition coefficient (Wildman–Crippen LogP) is 4.68. The lowest BCUT2D eigenvalue weighted by atomic mass is 9.99. The number of Topliss-reactive ketones (excluding diaryl/α,β-unsaturated/α-hetero) is 1. The zero-order chi connectivity index (χ0) is 24.9. The molecule has 0 radical (unpaired) electrons. The highest BCUT2D eigenvalue weighted by atomic mass is 32.2. The van der Waals surface area contributed by atoms with Crippen molar-refractivity contribution < 1.29 is 18.0 Å². The van der Waals surface area contributed by atoms with Crippen LogP contribution < -0.4 is 5.32 Å². The summed E-state index contributed by atoms with van der Waals surface area (Å²) in [5.74, 6) is -0.000535. The normalized spacial score (nSPS) is 12.6. The fraction of sp³-hybridized carbons (Fsp3) is 0.308. The van der Waals surface area contributed by atoms with E-state index in [0.717, 1.165) is 21.2 Å². The highest BCUT2D eigenvalue weighted by molar-refractivity contribution is 7.89. The van der Waals surface area contributed by atoms with Crippen molar-refractivity contribution in [2.24, 2.45) is 5.92 Å². The van der Waals surface area contributed by atoms with Crippen LogP contribution in [0, 0.1) is 5.92 Å². The SMILES string of the molecule is CC(=O)c1ccc(S(=O)(=O)N(C)CC(=O)NC(c2ccc(CC(C)C)cc2)c2cccs2)cc1. The largest absolute Gasteiger partial charge is 0.343 e. The van der Waals surface area contributed by atoms with E-state index in [1.54, 1.807) is 0 Å². The van der Waals surface area contributed by atoms with Crippen molar-refractivity contribution >= 4 is 33.1 Å². The molecule has 0 aliphatic heterocycles. The number of benzene rings is 2. The Morgan fingerprint density at radius 3 is 2.18 bits per heavy atom. The third kappa shape index (κ3) is 6.40. The molecular weight excluding hydrogens is 468 g/mol. The molecule has 1 aromatic heterocycles. The van der Waals surface area contributed by atoms with Crippen LogP contribution in [0.2, 0.25) is 0 Å². The van der Waals surface area contributed by atoms with Crippen molar-refractivity contribution in [1.29, 1.82) is 0 Å². The van der Waals surface area contributed by atoms with Crippen LogP contribution in [0.3, 0.4) is 0 Å². The van der Waals surface area contributed by atoms with Crippen LogP contribution in [0.1, 0.15) is 53.2 Å². The topological polar surface area (TPSA) is 83.6 Å². The van der Waals surface area contributed by atoms with E-state index in [-0.39, 0.29) is 23.3 Å². The van der Waals surface area contributed by atoms with Crippen LogP contribution in [0.5, 0.6) is 0 Å². The molecule has 1 atom stereocenters. The number of sulfonamides is 1. The second-order valence-corrected chi connectivity index (χ2v) is 11.7. The molecular formula is C26H30N2O4S2. The Kier molecular flexibility index (Phi) is 8.41. The van der Waals surface area contributed by atoms with E-state index >= 15 is 0 Å². The Bertz CT molecular complexity index is 1220. The third-order valence-electron chi connectivity index (χ3n) is 5.43. The molecule has 180 valence electrons. The molecule has 0 aliphatic rings. The minimum absolute atomic E-state index is 0.0309. The van der Waals surface area contributed by atoms with Gasteiger partial charge < -0.3 is 5.32 Å². The van der Waals surface area contributed by atoms with Gasteiger partial charge in [0.1, 0.15) is 0 Å². The minimum atomic E-state index is -3.88. The van der Waals surface area contributed by atoms with E-state index in [9.17, 15) is 18.0 Å². The molecule has 1 unspecified atom stereocenters. The third-order valence-corrected chi connectivity index (χ3v) is 8.18. The molecule has 3 aromatic rings. The van der Waals surface area contributed by atoms with E-state index < -0.39 is 15.9 Å². The summed E-state index contributed by atoms with van der Waals surface area (Å²) in [6, 6.07) is 17.4. The summed E-state index contributed by atoms with van der Waals surface area (Å²) in [5.41, 5.74) is 2.60. The zero-order valence-corrected chi connectivity index (χ0v) is 21.4. The van der Waals surface area contributed by atoms with E-state index in [4.69, 9.17) is 0 Å². The Morgan fingerprint density at radius 1 is 1.00 bits per heavy atom. The summed E-state index contributed by atoms with van der Waals surface area (Å²) in [7, 11) is -2.51. The quantitative estimate of drug-likeness (QED) is 0.412. The molecule has 3 rings (SSSR count). The Balaban J connectivity index is 1.74. The molecule has 0 bridgehead atoms. The second kappa shape index (κ2) is 11.1. The number of nitrogens with one attached hydrogen (secondary N) is 1. The van der Waals surface area contributed by atoms with Gasteiger partial charge in [-0.25, -0.2) is 8.42 Å². The lowest BCUT2D eigenvalue weighted by molar-refractivity contribution is -0.121. The summed E-state index contributed by atoms with van der Waals surface area (Å²) in [5, 5.41) is 4.94. The van der Waals surface area contributed by atoms with Crippen molar-refractivity contribution in [1.82, 2.24) is 9.62 Å². The molecule has 2 aromatic carbocycles. The van der Waals surface area contributed by atoms with Gasteiger partial charge in [-0.2, -0.15) is 4.31 Å². The lowest BCUT2D eigenvalue weighted by Crippen LogP contribution is -2.40. The van der Waals surface area contributed by atoms with Gasteiger partial charge in [-0.3, -0.25) is 9.59 Å². The van der Waals surface area contributed by atoms with Crippen molar-refractivity contribution in [2.75, 3.05) is 13.6 Å². The van der Waals surface area contributed by atoms with Crippen LogP contribution in [0.15, 0.2) is 70.9 Å². The van der Waals surface area contributed by atoms with E-state index in [1.807, 2.05) is 29.6 Å². The number of ketones is 1. The summed E-state index contributed by atoms with van der Waals surface area (Å²) >= 11 is 1.53. The van der Waals surface area contributed by atoms with Gasteiger partial charge in [-0.05, 0) is 54.0 Å². The standard InChI is InChI=1S/C26H30N2O4S2/c1-18(2)16-20-7-9-22(10-8-20)26(24-6-5-15-33-24)27-25(30)17-28(4)34(31,32)23-13-11-21(12-14-23)19(3)29/h5-15,18,26H,16-17H2,1-4H3,(H,27,30). The minimum Gasteiger partial charge on any atom is -0.343 e. The maximum Gasteiger partial charge on any atom is 0.243 e. The molecule has 1 N–H and O–H groups in total. The van der Waals surface area contributed by atoms with Gasteiger partial charge in [0.05, 0.1) is 17.5 Å². The van der Waals surface area contributed by atoms with E-state index in [0.29, 0.717) is 11.5 Å². The Labute approximate surface area is 205 Å². The smallest absolute Gasteiger partial charge is 0.243 e. The molecule has 6 nitrogen and oxygen atoms in total. The first-order valence-corrected chi connectivity index (χ1v) is 13.4. The summed E-state index contributed by atoms with van der Waals surface area (Å²) in [4.78, 5) is 25.4. The molecule has 0 saturated carbocycles. The number of carbonyl (C=O) groups excluding carboxylic acids is 2. The van der Waals surface area contributed by atoms with Gasteiger partial charge in [0.25, 0.3) is 0 Å². The summed E-state index contributed by atoms with van der Waals surface area (Å²) in [6.07, 6.45) is 0.979. The number of likely N-dealkylation sites (N-methyl/N-ethyl adjacent to an activating group) is 1. The van der Waals surface area contributed by atoms with Gasteiger partial charge in [0.2, 0.25) is 15.9 Å². The van der Waals surface area contributed by atoms with Crippen molar-refractivity contribution in [3.8, 4) is 0 Å². The van der Waals surface area contributed by atoms with Crippen LogP contribution in [0.25, 0.3) is 0 Å². The van der Waals surface area contributed by atoms with Gasteiger partial charge >= 0.3 is 0 Å². The molecule has 0 fully saturated rings. The number of nitrogens with zero attached hydrogens (tertiary/aromatic N) is 1. The highest BCUT2D eigenvalue weighted by Gasteiger charge is 2.25. The van der Waals surface area contributed by atoms with Gasteiger partial charge in [0, 0.05) is 17.5 Å². The molecule has 0 aliphatic carbocycles. The second-order valence-electron chi connectivity index (χ2n) is 8.70. The average Bonchev–Trinajstić information content (AvgIpc) is 3.32. The number of amides is 1. The van der Waals surface area contributed by atoms with Crippen LogP contribution in [-0.2, 0) is 21.2 Å². The fourth-order valence-corrected chi connectivity index (χ4v) is 5.56. The monoisotopic (exact) mass is 498 g/mol. The van der Waals surface area contributed by atoms with Crippen LogP contribution in [0.4, 0.5) is 0 Å². The van der Waals surface area contributed by atoms with Gasteiger partial charge in [0.15, 0.2) is 5.78 Å². The first-order chi connectivity index (χ1) is 16.1. The van der Waals surface area contributed by atoms with Crippen LogP contribution >= 0.6 is 11.3 Å². The maximum atomic E-state index is 12.9. The number of rotatable bonds is 10. The molecule has 8 heteroatoms. The Hall–Kier alpha value is -2.81. The number of carbonyl (C=O) groups is 2. The van der Waals surface area contributed by atoms with Crippen LogP contribution in [-0.4, -0.2) is 38.0 Å². The zero-order valence-electron chi connectivity index (χ0n) is 19.8. The van der Waals surface area contributed by atoms with Gasteiger partial charge in [-0.15, -0.1) is 11.3 Å². The van der Waals surface area contributed by atoms with E-state index in [2.05, 4.69) is 31.3 Å². The summed E-state index contributed by atoms with van der Waals surface area (Å²) < 4.78 is 26.9. The molecule has 1 amide bonds. The maximum absolute atomic E-state index is 12.9. The van der Waals surface area contributed by atoms with Crippen molar-refractivity contribution in [2.45, 2.75) is 38.1 Å². The number of hydrogen-bond donors (Lipinski definition) is 1.